The molecule has 0 unspecified atom stereocenters. The second-order valence-corrected chi connectivity index (χ2v) is 5.91. The van der Waals surface area contributed by atoms with Crippen molar-refractivity contribution < 1.29 is 0 Å². The van der Waals surface area contributed by atoms with Crippen LogP contribution in [-0.4, -0.2) is 47.1 Å². The van der Waals surface area contributed by atoms with E-state index in [0.29, 0.717) is 16.6 Å². The molecule has 1 aromatic heterocycles. The molecule has 1 saturated heterocycles. The maximum Gasteiger partial charge on any atom is 0.258 e. The molecule has 4 rings (SSSR count). The fourth-order valence-electron chi connectivity index (χ4n) is 3.16. The lowest BCUT2D eigenvalue weighted by atomic mass is 10.1. The molecule has 2 aromatic rings. The Hall–Kier alpha value is -2.08. The first kappa shape index (κ1) is 12.6. The Kier molecular flexibility index (Phi) is 2.85. The minimum absolute atomic E-state index is 0.142. The molecule has 0 amide bonds. The van der Waals surface area contributed by atoms with Gasteiger partial charge in [0.2, 0.25) is 0 Å². The van der Waals surface area contributed by atoms with Gasteiger partial charge in [-0.1, -0.05) is 0 Å². The highest BCUT2D eigenvalue weighted by atomic mass is 16.1. The second kappa shape index (κ2) is 4.73. The first-order chi connectivity index (χ1) is 10.2. The Morgan fingerprint density at radius 1 is 1.19 bits per heavy atom. The summed E-state index contributed by atoms with van der Waals surface area (Å²) in [5, 5.41) is 0.551. The number of nitrogen functional groups attached to an aromatic ring is 1. The van der Waals surface area contributed by atoms with E-state index in [1.54, 1.807) is 6.07 Å². The van der Waals surface area contributed by atoms with Gasteiger partial charge in [0.1, 0.15) is 0 Å². The number of nitrogens with zero attached hydrogens (tertiary/aromatic N) is 3. The second-order valence-electron chi connectivity index (χ2n) is 5.91. The van der Waals surface area contributed by atoms with E-state index in [4.69, 9.17) is 5.73 Å². The van der Waals surface area contributed by atoms with Crippen LogP contribution in [0.2, 0.25) is 0 Å². The van der Waals surface area contributed by atoms with Gasteiger partial charge in [-0.3, -0.25) is 9.69 Å². The average molecular weight is 285 g/mol. The van der Waals surface area contributed by atoms with Gasteiger partial charge in [0.25, 0.3) is 5.56 Å². The first-order valence-corrected chi connectivity index (χ1v) is 7.48. The number of aromatic nitrogens is 2. The van der Waals surface area contributed by atoms with Crippen molar-refractivity contribution in [3.05, 3.63) is 28.8 Å². The minimum Gasteiger partial charge on any atom is -0.397 e. The van der Waals surface area contributed by atoms with Crippen LogP contribution in [0.3, 0.4) is 0 Å². The smallest absolute Gasteiger partial charge is 0.258 e. The van der Waals surface area contributed by atoms with Gasteiger partial charge in [-0.15, -0.1) is 0 Å². The predicted octanol–water partition coefficient (Wildman–Crippen LogP) is 0.790. The number of anilines is 2. The van der Waals surface area contributed by atoms with Gasteiger partial charge in [-0.25, -0.2) is 4.98 Å². The van der Waals surface area contributed by atoms with Crippen molar-refractivity contribution in [2.45, 2.75) is 18.9 Å². The summed E-state index contributed by atoms with van der Waals surface area (Å²) in [7, 11) is 0. The van der Waals surface area contributed by atoms with Crippen molar-refractivity contribution in [1.29, 1.82) is 0 Å². The summed E-state index contributed by atoms with van der Waals surface area (Å²) < 4.78 is 0. The number of H-pyrrole nitrogens is 1. The Morgan fingerprint density at radius 2 is 1.95 bits per heavy atom. The third kappa shape index (κ3) is 2.25. The molecule has 2 fully saturated rings. The Labute approximate surface area is 122 Å². The summed E-state index contributed by atoms with van der Waals surface area (Å²) >= 11 is 0. The van der Waals surface area contributed by atoms with Gasteiger partial charge in [0, 0.05) is 32.2 Å². The monoisotopic (exact) mass is 285 g/mol. The highest BCUT2D eigenvalue weighted by Gasteiger charge is 2.31. The Balaban J connectivity index is 1.64. The van der Waals surface area contributed by atoms with Crippen molar-refractivity contribution >= 4 is 22.3 Å². The molecule has 1 aliphatic carbocycles. The normalized spacial score (nSPS) is 20.1. The Bertz CT molecular complexity index is 728. The molecule has 3 N–H and O–H groups in total. The maximum absolute atomic E-state index is 11.8. The molecular formula is C15H19N5O. The maximum atomic E-state index is 11.8. The lowest BCUT2D eigenvalue weighted by Crippen LogP contribution is -2.47. The highest BCUT2D eigenvalue weighted by molar-refractivity contribution is 5.88. The summed E-state index contributed by atoms with van der Waals surface area (Å²) in [6, 6.07) is 4.50. The van der Waals surface area contributed by atoms with Crippen molar-refractivity contribution in [3.63, 3.8) is 0 Å². The number of hydrogen-bond donors (Lipinski definition) is 2. The number of aromatic amines is 1. The molecule has 21 heavy (non-hydrogen) atoms. The third-order valence-corrected chi connectivity index (χ3v) is 4.51. The zero-order chi connectivity index (χ0) is 14.4. The average Bonchev–Trinajstić information content (AvgIpc) is 3.33. The molecule has 0 atom stereocenters. The predicted molar refractivity (Wildman–Crippen MR) is 83.6 cm³/mol. The molecule has 0 radical (unpaired) electrons. The lowest BCUT2D eigenvalue weighted by Gasteiger charge is -2.36. The van der Waals surface area contributed by atoms with E-state index in [1.165, 1.54) is 19.2 Å². The van der Waals surface area contributed by atoms with Gasteiger partial charge in [0.05, 0.1) is 28.6 Å². The van der Waals surface area contributed by atoms with Crippen molar-refractivity contribution in [2.24, 2.45) is 0 Å². The van der Waals surface area contributed by atoms with Crippen LogP contribution in [0.25, 0.3) is 10.9 Å². The van der Waals surface area contributed by atoms with Crippen LogP contribution in [0, 0.1) is 0 Å². The van der Waals surface area contributed by atoms with E-state index in [2.05, 4.69) is 19.8 Å². The zero-order valence-corrected chi connectivity index (χ0v) is 11.9. The summed E-state index contributed by atoms with van der Waals surface area (Å²) in [4.78, 5) is 23.5. The first-order valence-electron chi connectivity index (χ1n) is 7.48. The summed E-state index contributed by atoms with van der Waals surface area (Å²) in [5.41, 5.74) is 8.37. The van der Waals surface area contributed by atoms with Crippen LogP contribution >= 0.6 is 0 Å². The van der Waals surface area contributed by atoms with Crippen molar-refractivity contribution in [1.82, 2.24) is 14.9 Å². The van der Waals surface area contributed by atoms with Gasteiger partial charge in [-0.2, -0.15) is 0 Å². The molecule has 0 bridgehead atoms. The van der Waals surface area contributed by atoms with Gasteiger partial charge < -0.3 is 15.6 Å². The number of fused-ring (bicyclic) bond motifs is 1. The van der Waals surface area contributed by atoms with Crippen LogP contribution in [-0.2, 0) is 0 Å². The van der Waals surface area contributed by atoms with Crippen LogP contribution in [0.5, 0.6) is 0 Å². The fraction of sp³-hybridized carbons (Fsp3) is 0.467. The Morgan fingerprint density at radius 3 is 2.67 bits per heavy atom. The van der Waals surface area contributed by atoms with E-state index in [1.807, 2.05) is 6.07 Å². The van der Waals surface area contributed by atoms with Crippen molar-refractivity contribution in [2.75, 3.05) is 36.8 Å². The van der Waals surface area contributed by atoms with E-state index >= 15 is 0 Å². The van der Waals surface area contributed by atoms with Crippen LogP contribution < -0.4 is 16.2 Å². The zero-order valence-electron chi connectivity index (χ0n) is 11.9. The summed E-state index contributed by atoms with van der Waals surface area (Å²) in [5.74, 6) is 0. The summed E-state index contributed by atoms with van der Waals surface area (Å²) in [6.07, 6.45) is 4.14. The fourth-order valence-corrected chi connectivity index (χ4v) is 3.16. The standard InChI is InChI=1S/C15H19N5O/c16-12-7-11-13(17-9-18-15(11)21)8-14(12)20-5-3-19(4-6-20)10-1-2-10/h7-10H,1-6,16H2,(H,17,18,21). The minimum atomic E-state index is -0.142. The van der Waals surface area contributed by atoms with Crippen LogP contribution in [0.15, 0.2) is 23.3 Å². The quantitative estimate of drug-likeness (QED) is 0.798. The largest absolute Gasteiger partial charge is 0.397 e. The van der Waals surface area contributed by atoms with Crippen molar-refractivity contribution in [3.8, 4) is 0 Å². The van der Waals surface area contributed by atoms with E-state index in [0.717, 1.165) is 37.9 Å². The van der Waals surface area contributed by atoms with Crippen LogP contribution in [0.1, 0.15) is 12.8 Å². The highest BCUT2D eigenvalue weighted by Crippen LogP contribution is 2.31. The van der Waals surface area contributed by atoms with Gasteiger partial charge in [0.15, 0.2) is 0 Å². The van der Waals surface area contributed by atoms with Crippen LogP contribution in [0.4, 0.5) is 11.4 Å². The molecule has 110 valence electrons. The number of hydrogen-bond acceptors (Lipinski definition) is 5. The number of nitrogens with one attached hydrogen (secondary N) is 1. The molecule has 2 heterocycles. The molecule has 0 spiro atoms. The molecular weight excluding hydrogens is 266 g/mol. The molecule has 6 nitrogen and oxygen atoms in total. The van der Waals surface area contributed by atoms with E-state index in [-0.39, 0.29) is 5.56 Å². The van der Waals surface area contributed by atoms with Gasteiger partial charge >= 0.3 is 0 Å². The lowest BCUT2D eigenvalue weighted by molar-refractivity contribution is 0.248. The third-order valence-electron chi connectivity index (χ3n) is 4.51. The molecule has 1 saturated carbocycles. The van der Waals surface area contributed by atoms with Gasteiger partial charge in [-0.05, 0) is 25.0 Å². The SMILES string of the molecule is Nc1cc2c(=O)[nH]cnc2cc1N1CCN(C2CC2)CC1. The van der Waals surface area contributed by atoms with E-state index in [9.17, 15) is 4.79 Å². The summed E-state index contributed by atoms with van der Waals surface area (Å²) in [6.45, 7) is 4.14. The molecule has 1 aliphatic heterocycles. The number of nitrogens with two attached hydrogens (primary N) is 1. The number of benzene rings is 1. The topological polar surface area (TPSA) is 78.2 Å². The molecule has 1 aromatic carbocycles. The molecule has 6 heteroatoms. The molecule has 2 aliphatic rings. The van der Waals surface area contributed by atoms with E-state index < -0.39 is 0 Å². The number of piperazine rings is 1. The number of rotatable bonds is 2.